The minimum Gasteiger partial charge on any atom is -0.330 e. The zero-order valence-electron chi connectivity index (χ0n) is 12.3. The van der Waals surface area contributed by atoms with Crippen molar-refractivity contribution in [2.45, 2.75) is 76.9 Å². The second kappa shape index (κ2) is 5.66. The van der Waals surface area contributed by atoms with Gasteiger partial charge in [-0.15, -0.1) is 0 Å². The highest BCUT2D eigenvalue weighted by Gasteiger charge is 2.26. The summed E-state index contributed by atoms with van der Waals surface area (Å²) < 4.78 is 2.48. The van der Waals surface area contributed by atoms with Gasteiger partial charge in [-0.3, -0.25) is 0 Å². The molecule has 3 rings (SSSR count). The van der Waals surface area contributed by atoms with E-state index in [4.69, 9.17) is 0 Å². The van der Waals surface area contributed by atoms with Gasteiger partial charge < -0.3 is 9.88 Å². The van der Waals surface area contributed by atoms with Crippen molar-refractivity contribution in [1.82, 2.24) is 14.9 Å². The Balaban J connectivity index is 1.77. The van der Waals surface area contributed by atoms with Gasteiger partial charge >= 0.3 is 0 Å². The molecule has 1 aliphatic carbocycles. The molecule has 2 aliphatic rings. The van der Waals surface area contributed by atoms with Crippen LogP contribution < -0.4 is 5.32 Å². The average molecular weight is 261 g/mol. The fourth-order valence-corrected chi connectivity index (χ4v) is 3.92. The second-order valence-corrected chi connectivity index (χ2v) is 6.70. The highest BCUT2D eigenvalue weighted by atomic mass is 15.1. The van der Waals surface area contributed by atoms with Crippen molar-refractivity contribution in [3.8, 4) is 0 Å². The lowest BCUT2D eigenvalue weighted by Gasteiger charge is -2.33. The quantitative estimate of drug-likeness (QED) is 0.876. The number of hydrogen-bond donors (Lipinski definition) is 1. The molecule has 3 nitrogen and oxygen atoms in total. The second-order valence-electron chi connectivity index (χ2n) is 6.70. The van der Waals surface area contributed by atoms with Gasteiger partial charge in [-0.25, -0.2) is 4.98 Å². The van der Waals surface area contributed by atoms with Crippen LogP contribution in [-0.4, -0.2) is 15.6 Å². The molecule has 4 unspecified atom stereocenters. The summed E-state index contributed by atoms with van der Waals surface area (Å²) in [5.41, 5.74) is 1.42. The van der Waals surface area contributed by atoms with Gasteiger partial charge in [0.05, 0.1) is 12.0 Å². The van der Waals surface area contributed by atoms with E-state index in [0.717, 1.165) is 5.92 Å². The zero-order valence-corrected chi connectivity index (χ0v) is 12.3. The Labute approximate surface area is 116 Å². The van der Waals surface area contributed by atoms with Crippen LogP contribution >= 0.6 is 0 Å². The standard InChI is InChI=1S/C16H27N3/c1-12-5-3-7-14(9-12)19-11-17-10-16(19)15-8-4-6-13(2)18-15/h10-15,18H,3-9H2,1-2H3. The van der Waals surface area contributed by atoms with Gasteiger partial charge in [-0.05, 0) is 44.9 Å². The van der Waals surface area contributed by atoms with Crippen LogP contribution in [0.5, 0.6) is 0 Å². The molecular weight excluding hydrogens is 234 g/mol. The maximum Gasteiger partial charge on any atom is 0.0951 e. The molecule has 1 saturated heterocycles. The summed E-state index contributed by atoms with van der Waals surface area (Å²) in [6.45, 7) is 4.69. The average Bonchev–Trinajstić information content (AvgIpc) is 2.88. The van der Waals surface area contributed by atoms with Gasteiger partial charge in [0.1, 0.15) is 0 Å². The molecule has 4 atom stereocenters. The van der Waals surface area contributed by atoms with E-state index in [1.807, 2.05) is 0 Å². The SMILES string of the molecule is CC1CCCC(n2cncc2C2CCCC(C)N2)C1. The van der Waals surface area contributed by atoms with E-state index in [-0.39, 0.29) is 0 Å². The number of imidazole rings is 1. The van der Waals surface area contributed by atoms with E-state index < -0.39 is 0 Å². The van der Waals surface area contributed by atoms with Gasteiger partial charge in [0.2, 0.25) is 0 Å². The lowest BCUT2D eigenvalue weighted by Crippen LogP contribution is -2.36. The van der Waals surface area contributed by atoms with E-state index in [9.17, 15) is 0 Å². The Hall–Kier alpha value is -0.830. The lowest BCUT2D eigenvalue weighted by atomic mass is 9.86. The molecule has 2 heterocycles. The Morgan fingerprint density at radius 3 is 2.79 bits per heavy atom. The molecule has 1 N–H and O–H groups in total. The van der Waals surface area contributed by atoms with Gasteiger partial charge in [0.15, 0.2) is 0 Å². The molecule has 0 radical (unpaired) electrons. The third-order valence-corrected chi connectivity index (χ3v) is 4.97. The molecule has 0 aromatic carbocycles. The number of piperidine rings is 1. The van der Waals surface area contributed by atoms with Gasteiger partial charge in [-0.1, -0.05) is 19.8 Å². The number of nitrogens with one attached hydrogen (secondary N) is 1. The van der Waals surface area contributed by atoms with Crippen molar-refractivity contribution < 1.29 is 0 Å². The van der Waals surface area contributed by atoms with E-state index >= 15 is 0 Å². The van der Waals surface area contributed by atoms with E-state index in [1.54, 1.807) is 0 Å². The van der Waals surface area contributed by atoms with Gasteiger partial charge in [0.25, 0.3) is 0 Å². The van der Waals surface area contributed by atoms with Crippen molar-refractivity contribution >= 4 is 0 Å². The molecule has 19 heavy (non-hydrogen) atoms. The van der Waals surface area contributed by atoms with Crippen molar-refractivity contribution in [1.29, 1.82) is 0 Å². The van der Waals surface area contributed by atoms with Crippen LogP contribution in [0.2, 0.25) is 0 Å². The number of hydrogen-bond acceptors (Lipinski definition) is 2. The first kappa shape index (κ1) is 13.2. The summed E-state index contributed by atoms with van der Waals surface area (Å²) in [6.07, 6.45) is 13.5. The van der Waals surface area contributed by atoms with Crippen molar-refractivity contribution in [3.63, 3.8) is 0 Å². The summed E-state index contributed by atoms with van der Waals surface area (Å²) >= 11 is 0. The smallest absolute Gasteiger partial charge is 0.0951 e. The van der Waals surface area contributed by atoms with Gasteiger partial charge in [0, 0.05) is 24.3 Å². The Morgan fingerprint density at radius 1 is 1.16 bits per heavy atom. The predicted octanol–water partition coefficient (Wildman–Crippen LogP) is 3.84. The van der Waals surface area contributed by atoms with Crippen molar-refractivity contribution in [2.24, 2.45) is 5.92 Å². The zero-order chi connectivity index (χ0) is 13.2. The first-order valence-electron chi connectivity index (χ1n) is 8.02. The first-order valence-corrected chi connectivity index (χ1v) is 8.02. The Kier molecular flexibility index (Phi) is 3.92. The predicted molar refractivity (Wildman–Crippen MR) is 78.1 cm³/mol. The van der Waals surface area contributed by atoms with E-state index in [0.29, 0.717) is 18.1 Å². The third-order valence-electron chi connectivity index (χ3n) is 4.97. The van der Waals surface area contributed by atoms with Crippen molar-refractivity contribution in [2.75, 3.05) is 0 Å². The number of rotatable bonds is 2. The fourth-order valence-electron chi connectivity index (χ4n) is 3.92. The highest BCUT2D eigenvalue weighted by molar-refractivity contribution is 5.09. The molecule has 2 fully saturated rings. The highest BCUT2D eigenvalue weighted by Crippen LogP contribution is 2.35. The summed E-state index contributed by atoms with van der Waals surface area (Å²) in [5, 5.41) is 3.75. The summed E-state index contributed by atoms with van der Waals surface area (Å²) in [6, 6.07) is 1.84. The lowest BCUT2D eigenvalue weighted by molar-refractivity contribution is 0.263. The summed E-state index contributed by atoms with van der Waals surface area (Å²) in [7, 11) is 0. The molecule has 1 aromatic heterocycles. The Bertz CT molecular complexity index is 375. The molecule has 1 aromatic rings. The summed E-state index contributed by atoms with van der Waals surface area (Å²) in [5.74, 6) is 0.868. The van der Waals surface area contributed by atoms with Crippen LogP contribution in [0, 0.1) is 5.92 Å². The number of aromatic nitrogens is 2. The summed E-state index contributed by atoms with van der Waals surface area (Å²) in [4.78, 5) is 4.45. The van der Waals surface area contributed by atoms with Crippen LogP contribution in [0.3, 0.4) is 0 Å². The van der Waals surface area contributed by atoms with E-state index in [2.05, 4.69) is 41.2 Å². The van der Waals surface area contributed by atoms with E-state index in [1.165, 1.54) is 50.6 Å². The maximum atomic E-state index is 4.45. The van der Waals surface area contributed by atoms with Crippen LogP contribution in [0.4, 0.5) is 0 Å². The van der Waals surface area contributed by atoms with Crippen molar-refractivity contribution in [3.05, 3.63) is 18.2 Å². The fraction of sp³-hybridized carbons (Fsp3) is 0.812. The van der Waals surface area contributed by atoms with Gasteiger partial charge in [-0.2, -0.15) is 0 Å². The third kappa shape index (κ3) is 2.86. The largest absolute Gasteiger partial charge is 0.330 e. The molecule has 0 bridgehead atoms. The monoisotopic (exact) mass is 261 g/mol. The van der Waals surface area contributed by atoms with Crippen LogP contribution in [0.25, 0.3) is 0 Å². The minimum atomic E-state index is 0.517. The topological polar surface area (TPSA) is 29.9 Å². The first-order chi connectivity index (χ1) is 9.24. The molecule has 0 spiro atoms. The van der Waals surface area contributed by atoms with Crippen LogP contribution in [0.15, 0.2) is 12.5 Å². The van der Waals surface area contributed by atoms with Crippen LogP contribution in [-0.2, 0) is 0 Å². The molecular formula is C16H27N3. The Morgan fingerprint density at radius 2 is 2.00 bits per heavy atom. The molecule has 3 heteroatoms. The molecule has 1 aliphatic heterocycles. The minimum absolute atomic E-state index is 0.517. The number of nitrogens with zero attached hydrogens (tertiary/aromatic N) is 2. The maximum absolute atomic E-state index is 4.45. The normalized spacial score (nSPS) is 36.3. The van der Waals surface area contributed by atoms with Crippen LogP contribution in [0.1, 0.15) is 76.6 Å². The molecule has 106 valence electrons. The molecule has 0 amide bonds. The molecule has 1 saturated carbocycles.